The van der Waals surface area contributed by atoms with Crippen molar-refractivity contribution in [3.8, 4) is 11.1 Å². The fraction of sp³-hybridized carbons (Fsp3) is 0.208. The number of aromatic nitrogens is 3. The molecule has 0 radical (unpaired) electrons. The Morgan fingerprint density at radius 2 is 1.71 bits per heavy atom. The number of hydrogen-bond acceptors (Lipinski definition) is 6. The molecule has 1 aliphatic heterocycles. The minimum Gasteiger partial charge on any atom is -0.356 e. The van der Waals surface area contributed by atoms with Crippen LogP contribution in [-0.4, -0.2) is 36.5 Å². The van der Waals surface area contributed by atoms with E-state index in [2.05, 4.69) is 24.6 Å². The molecule has 0 amide bonds. The van der Waals surface area contributed by atoms with Crippen LogP contribution in [0.25, 0.3) is 22.0 Å². The van der Waals surface area contributed by atoms with Crippen LogP contribution in [0.15, 0.2) is 66.1 Å². The van der Waals surface area contributed by atoms with E-state index in [-0.39, 0.29) is 5.69 Å². The topological polar surface area (TPSA) is 88.1 Å². The van der Waals surface area contributed by atoms with Crippen molar-refractivity contribution in [2.45, 2.75) is 24.2 Å². The van der Waals surface area contributed by atoms with E-state index in [1.165, 1.54) is 12.6 Å². The molecular formula is C24H21F2N5O2S. The molecule has 2 aromatic heterocycles. The molecule has 34 heavy (non-hydrogen) atoms. The third kappa shape index (κ3) is 4.41. The number of rotatable bonds is 5. The molecule has 0 aliphatic carbocycles. The van der Waals surface area contributed by atoms with Crippen LogP contribution in [0.3, 0.4) is 0 Å². The maximum atomic E-state index is 14.0. The highest BCUT2D eigenvalue weighted by Crippen LogP contribution is 2.31. The van der Waals surface area contributed by atoms with Crippen molar-refractivity contribution in [3.05, 3.63) is 72.8 Å². The van der Waals surface area contributed by atoms with Gasteiger partial charge in [0.05, 0.1) is 17.4 Å². The van der Waals surface area contributed by atoms with Crippen molar-refractivity contribution in [2.24, 2.45) is 0 Å². The van der Waals surface area contributed by atoms with Crippen LogP contribution in [0.5, 0.6) is 0 Å². The molecule has 2 aromatic carbocycles. The predicted molar refractivity (Wildman–Crippen MR) is 126 cm³/mol. The number of sulfonamides is 1. The summed E-state index contributed by atoms with van der Waals surface area (Å²) in [5.41, 5.74) is 2.44. The first kappa shape index (κ1) is 22.1. The Morgan fingerprint density at radius 1 is 0.882 bits per heavy atom. The zero-order valence-corrected chi connectivity index (χ0v) is 18.9. The Hall–Kier alpha value is -3.66. The number of hydrogen-bond donors (Lipinski definition) is 1. The Bertz CT molecular complexity index is 1470. The van der Waals surface area contributed by atoms with Crippen molar-refractivity contribution < 1.29 is 17.2 Å². The maximum absolute atomic E-state index is 14.0. The molecule has 0 unspecified atom stereocenters. The molecule has 1 saturated heterocycles. The summed E-state index contributed by atoms with van der Waals surface area (Å²) in [4.78, 5) is 14.7. The molecule has 1 aliphatic rings. The summed E-state index contributed by atoms with van der Waals surface area (Å²) in [5, 5.41) is 0.904. The van der Waals surface area contributed by atoms with Gasteiger partial charge in [-0.05, 0) is 55.2 Å². The highest BCUT2D eigenvalue weighted by Gasteiger charge is 2.20. The van der Waals surface area contributed by atoms with Crippen LogP contribution >= 0.6 is 0 Å². The van der Waals surface area contributed by atoms with Crippen LogP contribution in [0.1, 0.15) is 19.3 Å². The molecule has 7 nitrogen and oxygen atoms in total. The van der Waals surface area contributed by atoms with Gasteiger partial charge in [0, 0.05) is 36.3 Å². The summed E-state index contributed by atoms with van der Waals surface area (Å²) < 4.78 is 54.9. The smallest absolute Gasteiger partial charge is 0.264 e. The third-order valence-corrected chi connectivity index (χ3v) is 7.19. The molecule has 1 N–H and O–H groups in total. The van der Waals surface area contributed by atoms with Crippen molar-refractivity contribution in [1.82, 2.24) is 15.0 Å². The quantitative estimate of drug-likeness (QED) is 0.442. The lowest BCUT2D eigenvalue weighted by molar-refractivity contribution is 0.551. The summed E-state index contributed by atoms with van der Waals surface area (Å²) in [7, 11) is -4.27. The number of nitrogens with one attached hydrogen (secondary N) is 1. The molecule has 0 bridgehead atoms. The molecule has 0 spiro atoms. The molecule has 3 heterocycles. The van der Waals surface area contributed by atoms with E-state index in [9.17, 15) is 17.2 Å². The average molecular weight is 482 g/mol. The van der Waals surface area contributed by atoms with E-state index in [0.717, 1.165) is 60.3 Å². The lowest BCUT2D eigenvalue weighted by Crippen LogP contribution is -2.30. The first-order valence-corrected chi connectivity index (χ1v) is 12.3. The minimum atomic E-state index is -4.27. The summed E-state index contributed by atoms with van der Waals surface area (Å²) in [6, 6.07) is 9.65. The minimum absolute atomic E-state index is 0.155. The SMILES string of the molecule is O=S(=O)(Nc1cncc(-c2ccc3ncnc(N4CCCCC4)c3c2)c1)c1ccc(F)cc1F. The van der Waals surface area contributed by atoms with Gasteiger partial charge in [0.1, 0.15) is 28.7 Å². The van der Waals surface area contributed by atoms with Gasteiger partial charge in [-0.3, -0.25) is 9.71 Å². The van der Waals surface area contributed by atoms with Crippen LogP contribution in [0.4, 0.5) is 20.3 Å². The second-order valence-electron chi connectivity index (χ2n) is 8.12. The Morgan fingerprint density at radius 3 is 2.50 bits per heavy atom. The van der Waals surface area contributed by atoms with Gasteiger partial charge in [0.15, 0.2) is 0 Å². The van der Waals surface area contributed by atoms with E-state index in [1.54, 1.807) is 18.6 Å². The Kier molecular flexibility index (Phi) is 5.82. The molecular weight excluding hydrogens is 460 g/mol. The number of piperidine rings is 1. The second kappa shape index (κ2) is 8.94. The van der Waals surface area contributed by atoms with E-state index in [0.29, 0.717) is 11.6 Å². The number of fused-ring (bicyclic) bond motifs is 1. The molecule has 5 rings (SSSR count). The molecule has 4 aromatic rings. The number of pyridine rings is 1. The summed E-state index contributed by atoms with van der Waals surface area (Å²) in [5.74, 6) is -1.15. The van der Waals surface area contributed by atoms with Crippen molar-refractivity contribution in [1.29, 1.82) is 0 Å². The van der Waals surface area contributed by atoms with Gasteiger partial charge in [-0.15, -0.1) is 0 Å². The van der Waals surface area contributed by atoms with Gasteiger partial charge in [0.25, 0.3) is 10.0 Å². The molecule has 0 saturated carbocycles. The Labute approximate surface area is 195 Å². The molecule has 1 fully saturated rings. The zero-order valence-electron chi connectivity index (χ0n) is 18.1. The van der Waals surface area contributed by atoms with Gasteiger partial charge in [-0.25, -0.2) is 27.2 Å². The number of halogens is 2. The van der Waals surface area contributed by atoms with E-state index < -0.39 is 26.6 Å². The number of nitrogens with zero attached hydrogens (tertiary/aromatic N) is 4. The van der Waals surface area contributed by atoms with Crippen LogP contribution < -0.4 is 9.62 Å². The first-order chi connectivity index (χ1) is 16.4. The van der Waals surface area contributed by atoms with Gasteiger partial charge in [-0.2, -0.15) is 0 Å². The maximum Gasteiger partial charge on any atom is 0.264 e. The highest BCUT2D eigenvalue weighted by atomic mass is 32.2. The average Bonchev–Trinajstić information content (AvgIpc) is 2.83. The fourth-order valence-electron chi connectivity index (χ4n) is 4.14. The van der Waals surface area contributed by atoms with Crippen LogP contribution in [0, 0.1) is 11.6 Å². The third-order valence-electron chi connectivity index (χ3n) is 5.78. The summed E-state index contributed by atoms with van der Waals surface area (Å²) in [6.45, 7) is 1.88. The van der Waals surface area contributed by atoms with Crippen LogP contribution in [-0.2, 0) is 10.0 Å². The van der Waals surface area contributed by atoms with E-state index >= 15 is 0 Å². The van der Waals surface area contributed by atoms with Crippen molar-refractivity contribution in [2.75, 3.05) is 22.7 Å². The van der Waals surface area contributed by atoms with Crippen molar-refractivity contribution >= 4 is 32.4 Å². The zero-order chi connectivity index (χ0) is 23.7. The van der Waals surface area contributed by atoms with Gasteiger partial charge < -0.3 is 4.90 Å². The van der Waals surface area contributed by atoms with Crippen molar-refractivity contribution in [3.63, 3.8) is 0 Å². The first-order valence-electron chi connectivity index (χ1n) is 10.8. The van der Waals surface area contributed by atoms with Gasteiger partial charge in [-0.1, -0.05) is 6.07 Å². The molecule has 174 valence electrons. The van der Waals surface area contributed by atoms with Gasteiger partial charge in [0.2, 0.25) is 0 Å². The standard InChI is InChI=1S/C24H21F2N5O2S/c25-18-5-7-23(21(26)12-18)34(32,33)30-19-10-17(13-27-14-19)16-4-6-22-20(11-16)24(29-15-28-22)31-8-2-1-3-9-31/h4-7,10-15,30H,1-3,8-9H2. The lowest BCUT2D eigenvalue weighted by Gasteiger charge is -2.28. The second-order valence-corrected chi connectivity index (χ2v) is 9.77. The normalized spacial score (nSPS) is 14.4. The number of anilines is 2. The lowest BCUT2D eigenvalue weighted by atomic mass is 10.0. The highest BCUT2D eigenvalue weighted by molar-refractivity contribution is 7.92. The summed E-state index contributed by atoms with van der Waals surface area (Å²) >= 11 is 0. The van der Waals surface area contributed by atoms with E-state index in [1.807, 2.05) is 18.2 Å². The van der Waals surface area contributed by atoms with Gasteiger partial charge >= 0.3 is 0 Å². The number of benzene rings is 2. The monoisotopic (exact) mass is 481 g/mol. The Balaban J connectivity index is 1.49. The van der Waals surface area contributed by atoms with E-state index in [4.69, 9.17) is 0 Å². The molecule has 0 atom stereocenters. The largest absolute Gasteiger partial charge is 0.356 e. The molecule has 10 heteroatoms. The predicted octanol–water partition coefficient (Wildman–Crippen LogP) is 4.76. The van der Waals surface area contributed by atoms with Crippen LogP contribution in [0.2, 0.25) is 0 Å². The fourth-order valence-corrected chi connectivity index (χ4v) is 5.23. The summed E-state index contributed by atoms with van der Waals surface area (Å²) in [6.07, 6.45) is 7.95.